The molecule has 3 rings (SSSR count). The van der Waals surface area contributed by atoms with E-state index in [2.05, 4.69) is 75.8 Å². The van der Waals surface area contributed by atoms with E-state index in [0.29, 0.717) is 11.8 Å². The van der Waals surface area contributed by atoms with E-state index in [4.69, 9.17) is 0 Å². The van der Waals surface area contributed by atoms with Crippen molar-refractivity contribution in [3.63, 3.8) is 0 Å². The Hall–Kier alpha value is -0.830. The highest BCUT2D eigenvalue weighted by Gasteiger charge is 2.27. The van der Waals surface area contributed by atoms with Crippen molar-refractivity contribution in [2.24, 2.45) is 0 Å². The molecule has 0 bridgehead atoms. The van der Waals surface area contributed by atoms with Crippen LogP contribution in [0.15, 0.2) is 59.1 Å². The summed E-state index contributed by atoms with van der Waals surface area (Å²) in [5, 5.41) is 3.54. The van der Waals surface area contributed by atoms with Crippen LogP contribution in [0.25, 0.3) is 0 Å². The molecule has 1 N–H and O–H groups in total. The monoisotopic (exact) mass is 351 g/mol. The Bertz CT molecular complexity index is 544. The van der Waals surface area contributed by atoms with E-state index >= 15 is 0 Å². The maximum Gasteiger partial charge on any atom is 0.0178 e. The molecule has 1 nitrogen and oxygen atoms in total. The van der Waals surface area contributed by atoms with Gasteiger partial charge in [-0.15, -0.1) is 12.4 Å². The summed E-state index contributed by atoms with van der Waals surface area (Å²) in [7, 11) is 0. The molecule has 1 heterocycles. The fourth-order valence-electron chi connectivity index (χ4n) is 3.05. The average Bonchev–Trinajstić information content (AvgIpc) is 2.48. The highest BCUT2D eigenvalue weighted by Crippen LogP contribution is 2.37. The molecule has 0 unspecified atom stereocenters. The molecule has 1 aliphatic heterocycles. The van der Waals surface area contributed by atoms with E-state index in [0.717, 1.165) is 13.1 Å². The molecule has 2 atom stereocenters. The summed E-state index contributed by atoms with van der Waals surface area (Å²) in [6.07, 6.45) is 1.20. The van der Waals surface area contributed by atoms with Gasteiger partial charge in [-0.3, -0.25) is 0 Å². The van der Waals surface area contributed by atoms with E-state index in [1.165, 1.54) is 22.0 Å². The lowest BCUT2D eigenvalue weighted by atomic mass is 9.77. The van der Waals surface area contributed by atoms with Crippen LogP contribution in [0, 0.1) is 0 Å². The van der Waals surface area contributed by atoms with Gasteiger partial charge in [-0.2, -0.15) is 0 Å². The molecule has 1 saturated heterocycles. The number of rotatable bonds is 2. The van der Waals surface area contributed by atoms with E-state index in [1.807, 2.05) is 0 Å². The largest absolute Gasteiger partial charge is 0.316 e. The standard InChI is InChI=1S/C17H18BrN.ClH/c18-15-8-4-7-14(11-15)16-9-10-19-12-17(16)13-5-2-1-3-6-13;/h1-8,11,16-17,19H,9-10,12H2;1H/t16-,17+;/m1./s1. The van der Waals surface area contributed by atoms with E-state index in [1.54, 1.807) is 0 Å². The predicted octanol–water partition coefficient (Wildman–Crippen LogP) is 4.73. The Morgan fingerprint density at radius 1 is 0.900 bits per heavy atom. The zero-order valence-corrected chi connectivity index (χ0v) is 13.7. The molecule has 0 aromatic heterocycles. The maximum absolute atomic E-state index is 3.59. The molecule has 1 aliphatic rings. The van der Waals surface area contributed by atoms with Crippen LogP contribution in [-0.4, -0.2) is 13.1 Å². The van der Waals surface area contributed by atoms with Crippen molar-refractivity contribution in [1.82, 2.24) is 5.32 Å². The zero-order chi connectivity index (χ0) is 13.1. The lowest BCUT2D eigenvalue weighted by molar-refractivity contribution is 0.404. The summed E-state index contributed by atoms with van der Waals surface area (Å²) in [5.41, 5.74) is 2.89. The molecule has 0 amide bonds. The zero-order valence-electron chi connectivity index (χ0n) is 11.3. The highest BCUT2D eigenvalue weighted by atomic mass is 79.9. The third-order valence-electron chi connectivity index (χ3n) is 3.99. The molecule has 0 aliphatic carbocycles. The van der Waals surface area contributed by atoms with Crippen molar-refractivity contribution >= 4 is 28.3 Å². The molecule has 0 radical (unpaired) electrons. The number of halogens is 2. The first-order valence-electron chi connectivity index (χ1n) is 6.86. The Balaban J connectivity index is 0.00000147. The molecule has 20 heavy (non-hydrogen) atoms. The summed E-state index contributed by atoms with van der Waals surface area (Å²) in [4.78, 5) is 0. The smallest absolute Gasteiger partial charge is 0.0178 e. The van der Waals surface area contributed by atoms with Gasteiger partial charge in [0.2, 0.25) is 0 Å². The third-order valence-corrected chi connectivity index (χ3v) is 4.48. The van der Waals surface area contributed by atoms with Crippen molar-refractivity contribution < 1.29 is 0 Å². The lowest BCUT2D eigenvalue weighted by Gasteiger charge is -2.33. The van der Waals surface area contributed by atoms with Crippen LogP contribution in [0.2, 0.25) is 0 Å². The molecular formula is C17H19BrClN. The van der Waals surface area contributed by atoms with Gasteiger partial charge in [0.1, 0.15) is 0 Å². The van der Waals surface area contributed by atoms with Gasteiger partial charge in [0.05, 0.1) is 0 Å². The number of hydrogen-bond donors (Lipinski definition) is 1. The molecule has 1 fully saturated rings. The van der Waals surface area contributed by atoms with Crippen LogP contribution in [0.3, 0.4) is 0 Å². The van der Waals surface area contributed by atoms with Crippen molar-refractivity contribution in [2.75, 3.05) is 13.1 Å². The number of benzene rings is 2. The topological polar surface area (TPSA) is 12.0 Å². The van der Waals surface area contributed by atoms with E-state index in [9.17, 15) is 0 Å². The van der Waals surface area contributed by atoms with Crippen LogP contribution >= 0.6 is 28.3 Å². The van der Waals surface area contributed by atoms with Crippen LogP contribution < -0.4 is 5.32 Å². The minimum atomic E-state index is 0. The van der Waals surface area contributed by atoms with Crippen molar-refractivity contribution in [3.05, 3.63) is 70.2 Å². The second kappa shape index (κ2) is 7.26. The number of hydrogen-bond acceptors (Lipinski definition) is 1. The lowest BCUT2D eigenvalue weighted by Crippen LogP contribution is -2.34. The third kappa shape index (κ3) is 3.43. The number of piperidine rings is 1. The molecular weight excluding hydrogens is 334 g/mol. The van der Waals surface area contributed by atoms with Gasteiger partial charge in [-0.1, -0.05) is 58.4 Å². The van der Waals surface area contributed by atoms with Crippen molar-refractivity contribution in [2.45, 2.75) is 18.3 Å². The van der Waals surface area contributed by atoms with Gasteiger partial charge in [0.15, 0.2) is 0 Å². The van der Waals surface area contributed by atoms with Gasteiger partial charge in [-0.05, 0) is 42.1 Å². The van der Waals surface area contributed by atoms with E-state index < -0.39 is 0 Å². The Morgan fingerprint density at radius 2 is 1.65 bits per heavy atom. The maximum atomic E-state index is 3.59. The molecule has 106 valence electrons. The average molecular weight is 353 g/mol. The van der Waals surface area contributed by atoms with Crippen LogP contribution in [0.5, 0.6) is 0 Å². The molecule has 3 heteroatoms. The van der Waals surface area contributed by atoms with Gasteiger partial charge in [0, 0.05) is 16.9 Å². The van der Waals surface area contributed by atoms with Crippen molar-refractivity contribution in [3.8, 4) is 0 Å². The second-order valence-corrected chi connectivity index (χ2v) is 6.09. The van der Waals surface area contributed by atoms with Crippen LogP contribution in [0.4, 0.5) is 0 Å². The normalized spacial score (nSPS) is 22.1. The van der Waals surface area contributed by atoms with Gasteiger partial charge in [-0.25, -0.2) is 0 Å². The summed E-state index contributed by atoms with van der Waals surface area (Å²) in [5.74, 6) is 1.19. The Labute approximate surface area is 135 Å². The van der Waals surface area contributed by atoms with Gasteiger partial charge in [0.25, 0.3) is 0 Å². The minimum absolute atomic E-state index is 0. The summed E-state index contributed by atoms with van der Waals surface area (Å²) in [6, 6.07) is 19.7. The summed E-state index contributed by atoms with van der Waals surface area (Å²) in [6.45, 7) is 2.18. The van der Waals surface area contributed by atoms with Crippen LogP contribution in [0.1, 0.15) is 29.4 Å². The second-order valence-electron chi connectivity index (χ2n) is 5.17. The van der Waals surface area contributed by atoms with Crippen molar-refractivity contribution in [1.29, 1.82) is 0 Å². The van der Waals surface area contributed by atoms with Gasteiger partial charge < -0.3 is 5.32 Å². The fourth-order valence-corrected chi connectivity index (χ4v) is 3.46. The minimum Gasteiger partial charge on any atom is -0.316 e. The Morgan fingerprint density at radius 3 is 2.40 bits per heavy atom. The van der Waals surface area contributed by atoms with Gasteiger partial charge >= 0.3 is 0 Å². The summed E-state index contributed by atoms with van der Waals surface area (Å²) < 4.78 is 1.18. The van der Waals surface area contributed by atoms with E-state index in [-0.39, 0.29) is 12.4 Å². The molecule has 0 spiro atoms. The predicted molar refractivity (Wildman–Crippen MR) is 90.8 cm³/mol. The highest BCUT2D eigenvalue weighted by molar-refractivity contribution is 9.10. The molecule has 0 saturated carbocycles. The SMILES string of the molecule is Brc1cccc([C@H]2CCNC[C@H]2c2ccccc2)c1.Cl. The quantitative estimate of drug-likeness (QED) is 0.824. The first-order valence-corrected chi connectivity index (χ1v) is 7.65. The summed E-state index contributed by atoms with van der Waals surface area (Å²) >= 11 is 3.59. The number of nitrogens with one attached hydrogen (secondary N) is 1. The first-order chi connectivity index (χ1) is 9.34. The first kappa shape index (κ1) is 15.6. The fraction of sp³-hybridized carbons (Fsp3) is 0.294. The van der Waals surface area contributed by atoms with Crippen LogP contribution in [-0.2, 0) is 0 Å². The molecule has 2 aromatic carbocycles. The molecule has 2 aromatic rings. The Kier molecular flexibility index (Phi) is 5.64.